The second-order valence-electron chi connectivity index (χ2n) is 4.65. The number of aliphatic hydroxyl groups is 1. The fourth-order valence-corrected chi connectivity index (χ4v) is 3.07. The van der Waals surface area contributed by atoms with Gasteiger partial charge in [0.25, 0.3) is 0 Å². The molecule has 0 bridgehead atoms. The molecule has 1 aromatic heterocycles. The van der Waals surface area contributed by atoms with E-state index < -0.39 is 6.10 Å². The Morgan fingerprint density at radius 3 is 2.24 bits per heavy atom. The van der Waals surface area contributed by atoms with Crippen LogP contribution >= 0.6 is 11.3 Å². The molecule has 2 aromatic rings. The minimum absolute atomic E-state index is 0.493. The highest BCUT2D eigenvalue weighted by Gasteiger charge is 2.15. The maximum Gasteiger partial charge on any atom is 0.113 e. The van der Waals surface area contributed by atoms with Crippen LogP contribution in [-0.2, 0) is 0 Å². The van der Waals surface area contributed by atoms with Crippen LogP contribution in [0.25, 0.3) is 0 Å². The van der Waals surface area contributed by atoms with E-state index in [-0.39, 0.29) is 0 Å². The van der Waals surface area contributed by atoms with Gasteiger partial charge in [-0.2, -0.15) is 0 Å². The van der Waals surface area contributed by atoms with Crippen molar-refractivity contribution in [1.82, 2.24) is 0 Å². The van der Waals surface area contributed by atoms with Crippen LogP contribution < -0.4 is 0 Å². The summed E-state index contributed by atoms with van der Waals surface area (Å²) in [6.07, 6.45) is -0.493. The first-order valence-corrected chi connectivity index (χ1v) is 6.63. The van der Waals surface area contributed by atoms with Gasteiger partial charge in [0.1, 0.15) is 6.10 Å². The Labute approximate surface area is 107 Å². The molecule has 0 fully saturated rings. The average molecular weight is 246 g/mol. The van der Waals surface area contributed by atoms with Crippen molar-refractivity contribution in [3.05, 3.63) is 56.3 Å². The summed E-state index contributed by atoms with van der Waals surface area (Å²) < 4.78 is 0. The van der Waals surface area contributed by atoms with Crippen molar-refractivity contribution in [3.8, 4) is 0 Å². The van der Waals surface area contributed by atoms with Gasteiger partial charge in [-0.15, -0.1) is 11.3 Å². The lowest BCUT2D eigenvalue weighted by atomic mass is 10.00. The highest BCUT2D eigenvalue weighted by atomic mass is 32.1. The molecule has 1 N–H and O–H groups in total. The average Bonchev–Trinajstić information content (AvgIpc) is 2.58. The van der Waals surface area contributed by atoms with E-state index in [0.29, 0.717) is 0 Å². The Kier molecular flexibility index (Phi) is 3.36. The molecular weight excluding hydrogens is 228 g/mol. The van der Waals surface area contributed by atoms with Gasteiger partial charge < -0.3 is 5.11 Å². The highest BCUT2D eigenvalue weighted by molar-refractivity contribution is 7.12. The molecule has 1 unspecified atom stereocenters. The molecule has 1 atom stereocenters. The molecule has 0 aliphatic rings. The summed E-state index contributed by atoms with van der Waals surface area (Å²) in [6, 6.07) is 8.29. The first-order valence-electron chi connectivity index (χ1n) is 5.81. The van der Waals surface area contributed by atoms with E-state index in [0.717, 1.165) is 16.0 Å². The van der Waals surface area contributed by atoms with E-state index in [1.54, 1.807) is 11.3 Å². The zero-order valence-electron chi connectivity index (χ0n) is 10.7. The van der Waals surface area contributed by atoms with Crippen LogP contribution in [0.5, 0.6) is 0 Å². The fourth-order valence-electron chi connectivity index (χ4n) is 2.02. The molecule has 0 saturated carbocycles. The number of aryl methyl sites for hydroxylation is 4. The smallest absolute Gasteiger partial charge is 0.113 e. The van der Waals surface area contributed by atoms with Gasteiger partial charge in [-0.1, -0.05) is 23.8 Å². The minimum atomic E-state index is -0.493. The van der Waals surface area contributed by atoms with Crippen LogP contribution in [0.4, 0.5) is 0 Å². The normalized spacial score (nSPS) is 12.8. The molecule has 17 heavy (non-hydrogen) atoms. The second-order valence-corrected chi connectivity index (χ2v) is 5.94. The van der Waals surface area contributed by atoms with Crippen molar-refractivity contribution >= 4 is 11.3 Å². The highest BCUT2D eigenvalue weighted by Crippen LogP contribution is 2.32. The minimum Gasteiger partial charge on any atom is -0.383 e. The van der Waals surface area contributed by atoms with Crippen molar-refractivity contribution in [1.29, 1.82) is 0 Å². The molecular formula is C15H18OS. The molecule has 1 heterocycles. The van der Waals surface area contributed by atoms with Gasteiger partial charge in [0.2, 0.25) is 0 Å². The number of rotatable bonds is 2. The van der Waals surface area contributed by atoms with Crippen molar-refractivity contribution < 1.29 is 5.11 Å². The van der Waals surface area contributed by atoms with E-state index in [2.05, 4.69) is 45.9 Å². The molecule has 1 nitrogen and oxygen atoms in total. The molecule has 0 saturated heterocycles. The van der Waals surface area contributed by atoms with Crippen LogP contribution in [0.2, 0.25) is 0 Å². The van der Waals surface area contributed by atoms with Gasteiger partial charge in [0.05, 0.1) is 0 Å². The van der Waals surface area contributed by atoms with Gasteiger partial charge in [-0.3, -0.25) is 0 Å². The van der Waals surface area contributed by atoms with Gasteiger partial charge >= 0.3 is 0 Å². The van der Waals surface area contributed by atoms with Crippen molar-refractivity contribution in [2.24, 2.45) is 0 Å². The maximum absolute atomic E-state index is 10.4. The zero-order valence-corrected chi connectivity index (χ0v) is 11.6. The lowest BCUT2D eigenvalue weighted by Gasteiger charge is -2.12. The lowest BCUT2D eigenvalue weighted by Crippen LogP contribution is -2.00. The van der Waals surface area contributed by atoms with Crippen LogP contribution in [0.1, 0.15) is 38.1 Å². The number of hydrogen-bond donors (Lipinski definition) is 1. The summed E-state index contributed by atoms with van der Waals surface area (Å²) in [5.74, 6) is 0. The van der Waals surface area contributed by atoms with Gasteiger partial charge in [-0.25, -0.2) is 0 Å². The first-order chi connectivity index (χ1) is 7.99. The monoisotopic (exact) mass is 246 g/mol. The van der Waals surface area contributed by atoms with Crippen LogP contribution in [-0.4, -0.2) is 5.11 Å². The first kappa shape index (κ1) is 12.3. The number of hydrogen-bond acceptors (Lipinski definition) is 2. The topological polar surface area (TPSA) is 20.2 Å². The second kappa shape index (κ2) is 4.63. The van der Waals surface area contributed by atoms with Gasteiger partial charge in [0.15, 0.2) is 0 Å². The Hall–Kier alpha value is -1.12. The van der Waals surface area contributed by atoms with Crippen LogP contribution in [0.3, 0.4) is 0 Å². The van der Waals surface area contributed by atoms with Crippen molar-refractivity contribution in [2.75, 3.05) is 0 Å². The number of benzene rings is 1. The third kappa shape index (κ3) is 2.43. The largest absolute Gasteiger partial charge is 0.383 e. The number of thiophene rings is 1. The SMILES string of the molecule is Cc1ccc(C(O)c2cc(C)c(C)s2)c(C)c1. The molecule has 0 aliphatic heterocycles. The molecule has 0 spiro atoms. The van der Waals surface area contributed by atoms with E-state index >= 15 is 0 Å². The third-order valence-electron chi connectivity index (χ3n) is 3.17. The Morgan fingerprint density at radius 1 is 1.00 bits per heavy atom. The van der Waals surface area contributed by atoms with Crippen LogP contribution in [0.15, 0.2) is 24.3 Å². The van der Waals surface area contributed by atoms with E-state index in [4.69, 9.17) is 0 Å². The molecule has 90 valence electrons. The van der Waals surface area contributed by atoms with Crippen molar-refractivity contribution in [3.63, 3.8) is 0 Å². The predicted octanol–water partition coefficient (Wildman–Crippen LogP) is 4.06. The molecule has 2 rings (SSSR count). The third-order valence-corrected chi connectivity index (χ3v) is 4.38. The summed E-state index contributed by atoms with van der Waals surface area (Å²) in [4.78, 5) is 2.32. The van der Waals surface area contributed by atoms with E-state index in [1.165, 1.54) is 16.0 Å². The molecule has 0 aliphatic carbocycles. The lowest BCUT2D eigenvalue weighted by molar-refractivity contribution is 0.223. The standard InChI is InChI=1S/C15H18OS/c1-9-5-6-13(11(3)7-9)15(16)14-8-10(2)12(4)17-14/h5-8,15-16H,1-4H3. The zero-order chi connectivity index (χ0) is 12.6. The van der Waals surface area contributed by atoms with E-state index in [1.807, 2.05) is 6.07 Å². The molecule has 0 amide bonds. The summed E-state index contributed by atoms with van der Waals surface area (Å²) in [7, 11) is 0. The number of aliphatic hydroxyl groups excluding tert-OH is 1. The van der Waals surface area contributed by atoms with Gasteiger partial charge in [0, 0.05) is 9.75 Å². The molecule has 1 aromatic carbocycles. The summed E-state index contributed by atoms with van der Waals surface area (Å²) in [5.41, 5.74) is 4.66. The fraction of sp³-hybridized carbons (Fsp3) is 0.333. The maximum atomic E-state index is 10.4. The molecule has 0 radical (unpaired) electrons. The van der Waals surface area contributed by atoms with Crippen molar-refractivity contribution in [2.45, 2.75) is 33.8 Å². The van der Waals surface area contributed by atoms with E-state index in [9.17, 15) is 5.11 Å². The quantitative estimate of drug-likeness (QED) is 0.847. The Bertz CT molecular complexity index is 520. The Balaban J connectivity index is 2.39. The van der Waals surface area contributed by atoms with Crippen LogP contribution in [0, 0.1) is 27.7 Å². The Morgan fingerprint density at radius 2 is 1.71 bits per heavy atom. The summed E-state index contributed by atoms with van der Waals surface area (Å²) >= 11 is 1.68. The summed E-state index contributed by atoms with van der Waals surface area (Å²) in [5, 5.41) is 10.4. The molecule has 2 heteroatoms. The predicted molar refractivity (Wildman–Crippen MR) is 73.8 cm³/mol. The van der Waals surface area contributed by atoms with Gasteiger partial charge in [-0.05, 0) is 50.5 Å². The summed E-state index contributed by atoms with van der Waals surface area (Å²) in [6.45, 7) is 8.31.